The number of benzene rings is 3. The Morgan fingerprint density at radius 3 is 2.45 bits per heavy atom. The Morgan fingerprint density at radius 1 is 1.00 bits per heavy atom. The van der Waals surface area contributed by atoms with Crippen LogP contribution in [0.15, 0.2) is 77.7 Å². The molecule has 7 nitrogen and oxygen atoms in total. The van der Waals surface area contributed by atoms with Crippen molar-refractivity contribution in [2.24, 2.45) is 0 Å². The molecule has 0 aromatic heterocycles. The zero-order valence-electron chi connectivity index (χ0n) is 18.4. The molecule has 1 aliphatic heterocycles. The van der Waals surface area contributed by atoms with Gasteiger partial charge in [0.15, 0.2) is 6.61 Å². The molecule has 0 bridgehead atoms. The molecule has 8 heteroatoms. The first-order valence-corrected chi connectivity index (χ1v) is 12.1. The van der Waals surface area contributed by atoms with E-state index in [2.05, 4.69) is 5.32 Å². The fourth-order valence-corrected chi connectivity index (χ4v) is 5.33. The molecule has 0 saturated carbocycles. The molecule has 1 saturated heterocycles. The van der Waals surface area contributed by atoms with Crippen LogP contribution in [-0.4, -0.2) is 51.5 Å². The highest BCUT2D eigenvalue weighted by atomic mass is 32.2. The van der Waals surface area contributed by atoms with Gasteiger partial charge in [0.05, 0.1) is 18.1 Å². The standard InChI is InChI=1S/C25H26N2O5S/c1-19-11-12-21(17-24(19)33(29,30)27-13-15-31-16-14-27)26-25(28)18-32-23-10-6-5-9-22(23)20-7-3-2-4-8-20/h2-12,17H,13-16,18H2,1H3,(H,26,28). The summed E-state index contributed by atoms with van der Waals surface area (Å²) in [5, 5.41) is 2.74. The van der Waals surface area contributed by atoms with Gasteiger partial charge in [-0.1, -0.05) is 54.6 Å². The number of nitrogens with zero attached hydrogens (tertiary/aromatic N) is 1. The summed E-state index contributed by atoms with van der Waals surface area (Å²) in [7, 11) is -3.67. The smallest absolute Gasteiger partial charge is 0.262 e. The van der Waals surface area contributed by atoms with Gasteiger partial charge in [-0.15, -0.1) is 0 Å². The van der Waals surface area contributed by atoms with Crippen LogP contribution >= 0.6 is 0 Å². The van der Waals surface area contributed by atoms with Crippen LogP contribution in [0.2, 0.25) is 0 Å². The largest absolute Gasteiger partial charge is 0.483 e. The molecule has 1 amide bonds. The van der Waals surface area contributed by atoms with Gasteiger partial charge >= 0.3 is 0 Å². The quantitative estimate of drug-likeness (QED) is 0.574. The minimum Gasteiger partial charge on any atom is -0.483 e. The molecule has 33 heavy (non-hydrogen) atoms. The molecule has 3 aromatic rings. The number of morpholine rings is 1. The third-order valence-corrected chi connectivity index (χ3v) is 7.43. The van der Waals surface area contributed by atoms with E-state index in [0.29, 0.717) is 43.3 Å². The number of hydrogen-bond acceptors (Lipinski definition) is 5. The summed E-state index contributed by atoms with van der Waals surface area (Å²) in [6, 6.07) is 22.2. The number of amides is 1. The highest BCUT2D eigenvalue weighted by molar-refractivity contribution is 7.89. The molecule has 0 radical (unpaired) electrons. The maximum atomic E-state index is 13.1. The third-order valence-electron chi connectivity index (χ3n) is 5.39. The molecule has 0 atom stereocenters. The Balaban J connectivity index is 1.45. The van der Waals surface area contributed by atoms with Crippen molar-refractivity contribution in [2.45, 2.75) is 11.8 Å². The summed E-state index contributed by atoms with van der Waals surface area (Å²) in [6.45, 7) is 2.90. The normalized spacial score (nSPS) is 14.6. The fraction of sp³-hybridized carbons (Fsp3) is 0.240. The van der Waals surface area contributed by atoms with Gasteiger partial charge in [-0.2, -0.15) is 4.31 Å². The van der Waals surface area contributed by atoms with Gasteiger partial charge in [0.2, 0.25) is 10.0 Å². The summed E-state index contributed by atoms with van der Waals surface area (Å²) in [5.74, 6) is 0.217. The van der Waals surface area contributed by atoms with Gasteiger partial charge in [-0.3, -0.25) is 4.79 Å². The number of ether oxygens (including phenoxy) is 2. The summed E-state index contributed by atoms with van der Waals surface area (Å²) >= 11 is 0. The number of para-hydroxylation sites is 1. The number of hydrogen-bond donors (Lipinski definition) is 1. The molecule has 1 fully saturated rings. The van der Waals surface area contributed by atoms with Crippen molar-refractivity contribution in [1.29, 1.82) is 0 Å². The predicted molar refractivity (Wildman–Crippen MR) is 127 cm³/mol. The first kappa shape index (κ1) is 23.0. The number of carbonyl (C=O) groups excluding carboxylic acids is 1. The number of rotatable bonds is 7. The van der Waals surface area contributed by atoms with Crippen LogP contribution < -0.4 is 10.1 Å². The van der Waals surface area contributed by atoms with Crippen molar-refractivity contribution < 1.29 is 22.7 Å². The van der Waals surface area contributed by atoms with Crippen molar-refractivity contribution in [3.63, 3.8) is 0 Å². The summed E-state index contributed by atoms with van der Waals surface area (Å²) in [5.41, 5.74) is 2.90. The zero-order chi connectivity index (χ0) is 23.3. The van der Waals surface area contributed by atoms with Crippen LogP contribution in [0.3, 0.4) is 0 Å². The predicted octanol–water partition coefficient (Wildman–Crippen LogP) is 3.70. The summed E-state index contributed by atoms with van der Waals surface area (Å²) < 4.78 is 38.6. The van der Waals surface area contributed by atoms with Crippen LogP contribution in [0, 0.1) is 6.92 Å². The Labute approximate surface area is 194 Å². The summed E-state index contributed by atoms with van der Waals surface area (Å²) in [4.78, 5) is 12.7. The Bertz CT molecular complexity index is 1220. The Hall–Kier alpha value is -3.20. The van der Waals surface area contributed by atoms with E-state index in [9.17, 15) is 13.2 Å². The van der Waals surface area contributed by atoms with Crippen molar-refractivity contribution in [3.05, 3.63) is 78.4 Å². The molecular formula is C25H26N2O5S. The maximum absolute atomic E-state index is 13.1. The number of sulfonamides is 1. The lowest BCUT2D eigenvalue weighted by Crippen LogP contribution is -2.40. The second-order valence-corrected chi connectivity index (χ2v) is 9.60. The average Bonchev–Trinajstić information content (AvgIpc) is 2.85. The lowest BCUT2D eigenvalue weighted by Gasteiger charge is -2.26. The van der Waals surface area contributed by atoms with Crippen LogP contribution in [0.1, 0.15) is 5.56 Å². The lowest BCUT2D eigenvalue weighted by molar-refractivity contribution is -0.118. The molecular weight excluding hydrogens is 440 g/mol. The second kappa shape index (κ2) is 10.2. The van der Waals surface area contributed by atoms with Gasteiger partial charge < -0.3 is 14.8 Å². The molecule has 0 aliphatic carbocycles. The molecule has 3 aromatic carbocycles. The minimum atomic E-state index is -3.67. The van der Waals surface area contributed by atoms with Crippen LogP contribution in [0.4, 0.5) is 5.69 Å². The van der Waals surface area contributed by atoms with Crippen LogP contribution in [0.5, 0.6) is 5.75 Å². The van der Waals surface area contributed by atoms with Gasteiger partial charge in [0.25, 0.3) is 5.91 Å². The first-order chi connectivity index (χ1) is 15.9. The summed E-state index contributed by atoms with van der Waals surface area (Å²) in [6.07, 6.45) is 0. The number of anilines is 1. The van der Waals surface area contributed by atoms with E-state index in [4.69, 9.17) is 9.47 Å². The van der Waals surface area contributed by atoms with Crippen molar-refractivity contribution in [3.8, 4) is 16.9 Å². The topological polar surface area (TPSA) is 84.9 Å². The van der Waals surface area contributed by atoms with E-state index in [1.807, 2.05) is 54.6 Å². The number of aryl methyl sites for hydroxylation is 1. The average molecular weight is 467 g/mol. The lowest BCUT2D eigenvalue weighted by atomic mass is 10.1. The van der Waals surface area contributed by atoms with Gasteiger partial charge in [-0.25, -0.2) is 8.42 Å². The van der Waals surface area contributed by atoms with E-state index in [0.717, 1.165) is 11.1 Å². The molecule has 1 heterocycles. The molecule has 0 spiro atoms. The highest BCUT2D eigenvalue weighted by Gasteiger charge is 2.28. The monoisotopic (exact) mass is 466 g/mol. The van der Waals surface area contributed by atoms with Crippen molar-refractivity contribution in [2.75, 3.05) is 38.2 Å². The van der Waals surface area contributed by atoms with Crippen LogP contribution in [0.25, 0.3) is 11.1 Å². The molecule has 1 aliphatic rings. The first-order valence-electron chi connectivity index (χ1n) is 10.7. The third kappa shape index (κ3) is 5.42. The second-order valence-electron chi connectivity index (χ2n) is 7.70. The fourth-order valence-electron chi connectivity index (χ4n) is 3.67. The number of carbonyl (C=O) groups is 1. The maximum Gasteiger partial charge on any atom is 0.262 e. The van der Waals surface area contributed by atoms with Gasteiger partial charge in [0, 0.05) is 24.3 Å². The Kier molecular flexibility index (Phi) is 7.08. The van der Waals surface area contributed by atoms with Crippen molar-refractivity contribution in [1.82, 2.24) is 4.31 Å². The van der Waals surface area contributed by atoms with E-state index in [1.165, 1.54) is 10.4 Å². The van der Waals surface area contributed by atoms with Gasteiger partial charge in [0.1, 0.15) is 5.75 Å². The van der Waals surface area contributed by atoms with Gasteiger partial charge in [-0.05, 0) is 36.2 Å². The zero-order valence-corrected chi connectivity index (χ0v) is 19.2. The molecule has 0 unspecified atom stereocenters. The van der Waals surface area contributed by atoms with Crippen molar-refractivity contribution >= 4 is 21.6 Å². The molecule has 4 rings (SSSR count). The molecule has 172 valence electrons. The number of nitrogens with one attached hydrogen (secondary N) is 1. The SMILES string of the molecule is Cc1ccc(NC(=O)COc2ccccc2-c2ccccc2)cc1S(=O)(=O)N1CCOCC1. The van der Waals surface area contributed by atoms with E-state index in [-0.39, 0.29) is 17.4 Å². The van der Waals surface area contributed by atoms with E-state index >= 15 is 0 Å². The minimum absolute atomic E-state index is 0.178. The van der Waals surface area contributed by atoms with E-state index in [1.54, 1.807) is 19.1 Å². The van der Waals surface area contributed by atoms with Crippen LogP contribution in [-0.2, 0) is 19.6 Å². The highest BCUT2D eigenvalue weighted by Crippen LogP contribution is 2.29. The Morgan fingerprint density at radius 2 is 1.70 bits per heavy atom. The molecule has 1 N–H and O–H groups in total. The van der Waals surface area contributed by atoms with E-state index < -0.39 is 10.0 Å².